The fraction of sp³-hybridized carbons (Fsp3) is 0.333. The lowest BCUT2D eigenvalue weighted by Crippen LogP contribution is -2.47. The highest BCUT2D eigenvalue weighted by molar-refractivity contribution is 5.95. The topological polar surface area (TPSA) is 58.6 Å². The first-order chi connectivity index (χ1) is 13.9. The van der Waals surface area contributed by atoms with Crippen molar-refractivity contribution in [3.8, 4) is 0 Å². The maximum Gasteiger partial charge on any atom is 0.338 e. The van der Waals surface area contributed by atoms with E-state index in [9.17, 15) is 9.59 Å². The van der Waals surface area contributed by atoms with Crippen LogP contribution in [-0.4, -0.2) is 23.5 Å². The quantitative estimate of drug-likeness (QED) is 0.711. The maximum atomic E-state index is 12.9. The number of ether oxygens (including phenoxy) is 1. The molecule has 5 heteroatoms. The Hall–Kier alpha value is -3.08. The Balaban J connectivity index is 2.00. The third-order valence-electron chi connectivity index (χ3n) is 5.21. The van der Waals surface area contributed by atoms with Gasteiger partial charge in [0.1, 0.15) is 0 Å². The summed E-state index contributed by atoms with van der Waals surface area (Å²) < 4.78 is 5.32. The van der Waals surface area contributed by atoms with Crippen LogP contribution in [0, 0.1) is 0 Å². The van der Waals surface area contributed by atoms with E-state index in [1.54, 1.807) is 11.8 Å². The minimum atomic E-state index is -0.533. The Morgan fingerprint density at radius 3 is 2.34 bits per heavy atom. The number of hydrogen-bond donors (Lipinski definition) is 1. The van der Waals surface area contributed by atoms with Gasteiger partial charge in [-0.25, -0.2) is 9.59 Å². The van der Waals surface area contributed by atoms with E-state index in [-0.39, 0.29) is 12.6 Å². The minimum absolute atomic E-state index is 0.225. The third-order valence-corrected chi connectivity index (χ3v) is 5.21. The summed E-state index contributed by atoms with van der Waals surface area (Å²) >= 11 is 0. The second-order valence-electron chi connectivity index (χ2n) is 7.50. The molecule has 0 fully saturated rings. The lowest BCUT2D eigenvalue weighted by molar-refractivity contribution is -0.139. The molecule has 0 spiro atoms. The van der Waals surface area contributed by atoms with E-state index >= 15 is 0 Å². The van der Waals surface area contributed by atoms with E-state index in [2.05, 4.69) is 19.2 Å². The second-order valence-corrected chi connectivity index (χ2v) is 7.50. The minimum Gasteiger partial charge on any atom is -0.463 e. The molecule has 1 aliphatic rings. The summed E-state index contributed by atoms with van der Waals surface area (Å²) in [5.74, 6) is 0.00849. The average molecular weight is 392 g/mol. The first kappa shape index (κ1) is 20.6. The maximum absolute atomic E-state index is 12.9. The second kappa shape index (κ2) is 8.95. The first-order valence-electron chi connectivity index (χ1n) is 10.0. The normalized spacial score (nSPS) is 16.8. The largest absolute Gasteiger partial charge is 0.463 e. The molecule has 2 amide bonds. The van der Waals surface area contributed by atoms with Crippen molar-refractivity contribution < 1.29 is 14.3 Å². The molecule has 152 valence electrons. The molecule has 1 atom stereocenters. The standard InChI is InChI=1S/C24H28N2O3/c1-5-29-23(27)21-17(4)26(15-18-9-7-6-8-10-18)24(28)25-22(21)20-13-11-19(12-14-20)16(2)3/h6-14,16,22H,5,15H2,1-4H3,(H,25,28). The molecule has 29 heavy (non-hydrogen) atoms. The van der Waals surface area contributed by atoms with E-state index in [0.29, 0.717) is 23.7 Å². The number of carbonyl (C=O) groups is 2. The smallest absolute Gasteiger partial charge is 0.338 e. The van der Waals surface area contributed by atoms with Crippen LogP contribution < -0.4 is 5.32 Å². The average Bonchev–Trinajstić information content (AvgIpc) is 2.71. The number of carbonyl (C=O) groups excluding carboxylic acids is 2. The summed E-state index contributed by atoms with van der Waals surface area (Å²) in [6.07, 6.45) is 0. The van der Waals surface area contributed by atoms with Crippen LogP contribution in [0.4, 0.5) is 4.79 Å². The molecule has 0 bridgehead atoms. The number of amides is 2. The van der Waals surface area contributed by atoms with Crippen molar-refractivity contribution in [1.82, 2.24) is 10.2 Å². The molecule has 2 aromatic rings. The number of nitrogens with zero attached hydrogens (tertiary/aromatic N) is 1. The molecule has 2 aromatic carbocycles. The fourth-order valence-corrected chi connectivity index (χ4v) is 3.53. The van der Waals surface area contributed by atoms with Crippen LogP contribution in [0.15, 0.2) is 65.9 Å². The van der Waals surface area contributed by atoms with Gasteiger partial charge >= 0.3 is 12.0 Å². The number of benzene rings is 2. The Labute approximate surface area is 172 Å². The fourth-order valence-electron chi connectivity index (χ4n) is 3.53. The van der Waals surface area contributed by atoms with Crippen LogP contribution >= 0.6 is 0 Å². The van der Waals surface area contributed by atoms with Crippen LogP contribution in [0.3, 0.4) is 0 Å². The third kappa shape index (κ3) is 4.50. The number of nitrogens with one attached hydrogen (secondary N) is 1. The lowest BCUT2D eigenvalue weighted by Gasteiger charge is -2.35. The Kier molecular flexibility index (Phi) is 6.37. The monoisotopic (exact) mass is 392 g/mol. The molecule has 5 nitrogen and oxygen atoms in total. The van der Waals surface area contributed by atoms with Gasteiger partial charge in [0.25, 0.3) is 0 Å². The molecule has 0 aromatic heterocycles. The Bertz CT molecular complexity index is 901. The zero-order valence-electron chi connectivity index (χ0n) is 17.4. The summed E-state index contributed by atoms with van der Waals surface area (Å²) in [4.78, 5) is 27.3. The summed E-state index contributed by atoms with van der Waals surface area (Å²) in [7, 11) is 0. The van der Waals surface area contributed by atoms with E-state index in [1.807, 2.05) is 61.5 Å². The highest BCUT2D eigenvalue weighted by atomic mass is 16.5. The van der Waals surface area contributed by atoms with Crippen LogP contribution in [0.2, 0.25) is 0 Å². The molecular formula is C24H28N2O3. The summed E-state index contributed by atoms with van der Waals surface area (Å²) in [6.45, 7) is 8.52. The van der Waals surface area contributed by atoms with Crippen molar-refractivity contribution in [2.24, 2.45) is 0 Å². The van der Waals surface area contributed by atoms with Crippen LogP contribution in [-0.2, 0) is 16.1 Å². The lowest BCUT2D eigenvalue weighted by atomic mass is 9.92. The molecule has 0 aliphatic carbocycles. The van der Waals surface area contributed by atoms with Crippen LogP contribution in [0.25, 0.3) is 0 Å². The number of esters is 1. The van der Waals surface area contributed by atoms with Gasteiger partial charge in [0, 0.05) is 5.70 Å². The van der Waals surface area contributed by atoms with E-state index in [1.165, 1.54) is 5.56 Å². The highest BCUT2D eigenvalue weighted by Crippen LogP contribution is 2.32. The summed E-state index contributed by atoms with van der Waals surface area (Å²) in [5.41, 5.74) is 4.16. The van der Waals surface area contributed by atoms with E-state index < -0.39 is 12.0 Å². The van der Waals surface area contributed by atoms with Gasteiger partial charge in [-0.3, -0.25) is 4.90 Å². The van der Waals surface area contributed by atoms with Crippen molar-refractivity contribution in [3.63, 3.8) is 0 Å². The van der Waals surface area contributed by atoms with Crippen LogP contribution in [0.5, 0.6) is 0 Å². The highest BCUT2D eigenvalue weighted by Gasteiger charge is 2.36. The number of rotatable bonds is 6. The summed E-state index contributed by atoms with van der Waals surface area (Å²) in [5, 5.41) is 3.00. The van der Waals surface area contributed by atoms with Crippen LogP contribution in [0.1, 0.15) is 56.3 Å². The molecule has 1 heterocycles. The van der Waals surface area contributed by atoms with Gasteiger partial charge in [-0.2, -0.15) is 0 Å². The molecule has 1 unspecified atom stereocenters. The van der Waals surface area contributed by atoms with Crippen molar-refractivity contribution >= 4 is 12.0 Å². The van der Waals surface area contributed by atoms with Crippen molar-refractivity contribution in [3.05, 3.63) is 82.6 Å². The number of allylic oxidation sites excluding steroid dienone is 1. The van der Waals surface area contributed by atoms with Gasteiger partial charge in [-0.15, -0.1) is 0 Å². The Morgan fingerprint density at radius 1 is 1.10 bits per heavy atom. The Morgan fingerprint density at radius 2 is 1.76 bits per heavy atom. The van der Waals surface area contributed by atoms with Gasteiger partial charge < -0.3 is 10.1 Å². The van der Waals surface area contributed by atoms with Gasteiger partial charge in [0.05, 0.1) is 24.8 Å². The van der Waals surface area contributed by atoms with Crippen molar-refractivity contribution in [2.75, 3.05) is 6.61 Å². The molecule has 0 saturated heterocycles. The first-order valence-corrected chi connectivity index (χ1v) is 10.0. The van der Waals surface area contributed by atoms with Gasteiger partial charge in [-0.1, -0.05) is 68.4 Å². The molecule has 1 N–H and O–H groups in total. The molecule has 1 aliphatic heterocycles. The zero-order valence-corrected chi connectivity index (χ0v) is 17.4. The van der Waals surface area contributed by atoms with E-state index in [0.717, 1.165) is 11.1 Å². The predicted molar refractivity (Wildman–Crippen MR) is 113 cm³/mol. The van der Waals surface area contributed by atoms with Gasteiger partial charge in [-0.05, 0) is 36.5 Å². The number of urea groups is 1. The molecule has 0 saturated carbocycles. The van der Waals surface area contributed by atoms with Crippen molar-refractivity contribution in [1.29, 1.82) is 0 Å². The molecule has 0 radical (unpaired) electrons. The van der Waals surface area contributed by atoms with Crippen molar-refractivity contribution in [2.45, 2.75) is 46.2 Å². The molecule has 3 rings (SSSR count). The van der Waals surface area contributed by atoms with E-state index in [4.69, 9.17) is 4.74 Å². The SMILES string of the molecule is CCOC(=O)C1=C(C)N(Cc2ccccc2)C(=O)NC1c1ccc(C(C)C)cc1. The number of hydrogen-bond acceptors (Lipinski definition) is 3. The van der Waals surface area contributed by atoms with Gasteiger partial charge in [0.15, 0.2) is 0 Å². The van der Waals surface area contributed by atoms with Gasteiger partial charge in [0.2, 0.25) is 0 Å². The summed E-state index contributed by atoms with van der Waals surface area (Å²) in [6, 6.07) is 17.0. The molecular weight excluding hydrogens is 364 g/mol. The zero-order chi connectivity index (χ0) is 21.0. The predicted octanol–water partition coefficient (Wildman–Crippen LogP) is 4.91.